The van der Waals surface area contributed by atoms with E-state index in [2.05, 4.69) is 0 Å². The predicted octanol–water partition coefficient (Wildman–Crippen LogP) is 4.15. The molecule has 1 amide bonds. The van der Waals surface area contributed by atoms with Crippen LogP contribution in [0.4, 0.5) is 0 Å². The van der Waals surface area contributed by atoms with Crippen LogP contribution in [0.25, 0.3) is 0 Å². The fourth-order valence-corrected chi connectivity index (χ4v) is 4.10. The van der Waals surface area contributed by atoms with Gasteiger partial charge in [-0.2, -0.15) is 0 Å². The largest absolute Gasteiger partial charge is 0.503 e. The first-order valence-electron chi connectivity index (χ1n) is 9.52. The van der Waals surface area contributed by atoms with Crippen molar-refractivity contribution in [3.63, 3.8) is 0 Å². The van der Waals surface area contributed by atoms with Crippen molar-refractivity contribution < 1.29 is 24.2 Å². The van der Waals surface area contributed by atoms with Gasteiger partial charge < -0.3 is 19.5 Å². The summed E-state index contributed by atoms with van der Waals surface area (Å²) in [4.78, 5) is 28.1. The first-order valence-corrected chi connectivity index (χ1v) is 10.4. The quantitative estimate of drug-likeness (QED) is 0.492. The number of methoxy groups -OCH3 is 1. The molecule has 2 aromatic rings. The maximum Gasteiger partial charge on any atom is 0.290 e. The number of benzene rings is 1. The maximum atomic E-state index is 13.2. The molecule has 0 saturated carbocycles. The van der Waals surface area contributed by atoms with Crippen LogP contribution in [-0.2, 0) is 9.53 Å². The lowest BCUT2D eigenvalue weighted by molar-refractivity contribution is -0.129. The summed E-state index contributed by atoms with van der Waals surface area (Å²) in [6.45, 7) is 4.64. The highest BCUT2D eigenvalue weighted by atomic mass is 32.1. The van der Waals surface area contributed by atoms with Gasteiger partial charge in [0.2, 0.25) is 5.78 Å². The van der Waals surface area contributed by atoms with Gasteiger partial charge in [0, 0.05) is 25.8 Å². The number of carbonyl (C=O) groups excluding carboxylic acids is 2. The van der Waals surface area contributed by atoms with Crippen LogP contribution < -0.4 is 4.74 Å². The van der Waals surface area contributed by atoms with E-state index in [1.54, 1.807) is 24.6 Å². The minimum atomic E-state index is -0.719. The molecular weight excluding hydrogens is 390 g/mol. The summed E-state index contributed by atoms with van der Waals surface area (Å²) >= 11 is 1.28. The Labute approximate surface area is 174 Å². The number of carbonyl (C=O) groups is 2. The van der Waals surface area contributed by atoms with Crippen molar-refractivity contribution in [2.45, 2.75) is 32.4 Å². The number of amides is 1. The van der Waals surface area contributed by atoms with Crippen LogP contribution in [0, 0.1) is 0 Å². The van der Waals surface area contributed by atoms with Gasteiger partial charge in [0.25, 0.3) is 5.91 Å². The number of nitrogens with zero attached hydrogens (tertiary/aromatic N) is 1. The monoisotopic (exact) mass is 415 g/mol. The van der Waals surface area contributed by atoms with Gasteiger partial charge in [-0.25, -0.2) is 0 Å². The highest BCUT2D eigenvalue weighted by Gasteiger charge is 2.44. The normalized spacial score (nSPS) is 16.8. The summed E-state index contributed by atoms with van der Waals surface area (Å²) in [5.74, 6) is -0.803. The smallest absolute Gasteiger partial charge is 0.290 e. The number of hydrogen-bond acceptors (Lipinski definition) is 6. The third kappa shape index (κ3) is 4.36. The van der Waals surface area contributed by atoms with Crippen molar-refractivity contribution in [1.29, 1.82) is 0 Å². The molecule has 1 aromatic carbocycles. The summed E-state index contributed by atoms with van der Waals surface area (Å²) in [6.07, 6.45) is 0.504. The zero-order valence-corrected chi connectivity index (χ0v) is 17.6. The van der Waals surface area contributed by atoms with Crippen LogP contribution in [0.15, 0.2) is 53.1 Å². The molecule has 1 aliphatic rings. The Morgan fingerprint density at radius 2 is 2.00 bits per heavy atom. The molecule has 0 spiro atoms. The minimum Gasteiger partial charge on any atom is -0.503 e. The Kier molecular flexibility index (Phi) is 6.71. The molecule has 6 nitrogen and oxygen atoms in total. The molecule has 7 heteroatoms. The summed E-state index contributed by atoms with van der Waals surface area (Å²) in [7, 11) is 1.59. The van der Waals surface area contributed by atoms with E-state index < -0.39 is 17.7 Å². The van der Waals surface area contributed by atoms with E-state index >= 15 is 0 Å². The van der Waals surface area contributed by atoms with Gasteiger partial charge >= 0.3 is 0 Å². The van der Waals surface area contributed by atoms with Gasteiger partial charge in [0.15, 0.2) is 5.76 Å². The van der Waals surface area contributed by atoms with Crippen LogP contribution in [0.2, 0.25) is 0 Å². The molecule has 1 N–H and O–H groups in total. The van der Waals surface area contributed by atoms with Crippen molar-refractivity contribution in [1.82, 2.24) is 4.90 Å². The third-order valence-corrected chi connectivity index (χ3v) is 5.49. The van der Waals surface area contributed by atoms with Gasteiger partial charge in [-0.15, -0.1) is 11.3 Å². The molecule has 1 unspecified atom stereocenters. The second-order valence-electron chi connectivity index (χ2n) is 7.02. The van der Waals surface area contributed by atoms with Crippen molar-refractivity contribution in [2.24, 2.45) is 0 Å². The number of thiophene rings is 1. The molecule has 3 rings (SSSR count). The highest BCUT2D eigenvalue weighted by molar-refractivity contribution is 7.12. The second-order valence-corrected chi connectivity index (χ2v) is 7.97. The molecule has 154 valence electrons. The number of ketones is 1. The van der Waals surface area contributed by atoms with Gasteiger partial charge in [0.1, 0.15) is 5.75 Å². The first-order chi connectivity index (χ1) is 14.0. The molecule has 1 aromatic heterocycles. The third-order valence-electron chi connectivity index (χ3n) is 4.62. The Morgan fingerprint density at radius 3 is 2.66 bits per heavy atom. The van der Waals surface area contributed by atoms with E-state index in [0.29, 0.717) is 35.8 Å². The Balaban J connectivity index is 2.08. The summed E-state index contributed by atoms with van der Waals surface area (Å²) < 4.78 is 11.1. The molecule has 29 heavy (non-hydrogen) atoms. The topological polar surface area (TPSA) is 76.1 Å². The average molecular weight is 416 g/mol. The fourth-order valence-electron chi connectivity index (χ4n) is 3.43. The van der Waals surface area contributed by atoms with E-state index in [-0.39, 0.29) is 17.5 Å². The Morgan fingerprint density at radius 1 is 1.24 bits per heavy atom. The number of rotatable bonds is 9. The number of aliphatic hydroxyl groups is 1. The molecule has 0 radical (unpaired) electrons. The van der Waals surface area contributed by atoms with E-state index in [1.165, 1.54) is 16.2 Å². The molecule has 1 atom stereocenters. The zero-order valence-electron chi connectivity index (χ0n) is 16.8. The van der Waals surface area contributed by atoms with Crippen LogP contribution in [0.3, 0.4) is 0 Å². The number of para-hydroxylation sites is 1. The number of ether oxygens (including phenoxy) is 2. The van der Waals surface area contributed by atoms with Crippen LogP contribution in [-0.4, -0.2) is 48.1 Å². The fraction of sp³-hybridized carbons (Fsp3) is 0.364. The van der Waals surface area contributed by atoms with Gasteiger partial charge in [-0.3, -0.25) is 9.59 Å². The Hall–Kier alpha value is -2.64. The maximum absolute atomic E-state index is 13.2. The zero-order chi connectivity index (χ0) is 21.0. The van der Waals surface area contributed by atoms with Gasteiger partial charge in [-0.1, -0.05) is 24.3 Å². The molecule has 0 fully saturated rings. The lowest BCUT2D eigenvalue weighted by Gasteiger charge is -2.28. The van der Waals surface area contributed by atoms with E-state index in [9.17, 15) is 14.7 Å². The number of hydrogen-bond donors (Lipinski definition) is 1. The van der Waals surface area contributed by atoms with E-state index in [0.717, 1.165) is 0 Å². The summed E-state index contributed by atoms with van der Waals surface area (Å²) in [5.41, 5.74) is 0.769. The molecule has 0 saturated heterocycles. The molecule has 0 bridgehead atoms. The molecule has 2 heterocycles. The molecular formula is C22H25NO5S. The second kappa shape index (κ2) is 9.24. The SMILES string of the molecule is COCCCN1C(=O)C(O)=C(C(=O)c2cccs2)C1c1ccccc1OC(C)C. The van der Waals surface area contributed by atoms with Crippen molar-refractivity contribution in [3.05, 3.63) is 63.6 Å². The van der Waals surface area contributed by atoms with Crippen LogP contribution >= 0.6 is 11.3 Å². The van der Waals surface area contributed by atoms with Crippen molar-refractivity contribution in [2.75, 3.05) is 20.3 Å². The predicted molar refractivity (Wildman–Crippen MR) is 111 cm³/mol. The van der Waals surface area contributed by atoms with Gasteiger partial charge in [-0.05, 0) is 37.8 Å². The Bertz CT molecular complexity index is 904. The molecule has 1 aliphatic heterocycles. The van der Waals surface area contributed by atoms with E-state index in [4.69, 9.17) is 9.47 Å². The van der Waals surface area contributed by atoms with E-state index in [1.807, 2.05) is 38.1 Å². The number of aliphatic hydroxyl groups excluding tert-OH is 1. The lowest BCUT2D eigenvalue weighted by Crippen LogP contribution is -2.33. The summed E-state index contributed by atoms with van der Waals surface area (Å²) in [6, 6.07) is 10.1. The van der Waals surface area contributed by atoms with Crippen molar-refractivity contribution in [3.8, 4) is 5.75 Å². The lowest BCUT2D eigenvalue weighted by atomic mass is 9.94. The first kappa shape index (κ1) is 21.1. The number of Topliss-reactive ketones (excluding diaryl/α,β-unsaturated/α-hetero) is 1. The highest BCUT2D eigenvalue weighted by Crippen LogP contribution is 2.42. The van der Waals surface area contributed by atoms with Crippen molar-refractivity contribution >= 4 is 23.0 Å². The van der Waals surface area contributed by atoms with Crippen LogP contribution in [0.1, 0.15) is 41.5 Å². The van der Waals surface area contributed by atoms with Gasteiger partial charge in [0.05, 0.1) is 22.6 Å². The average Bonchev–Trinajstić information content (AvgIpc) is 3.31. The van der Waals surface area contributed by atoms with Crippen LogP contribution in [0.5, 0.6) is 5.75 Å². The standard InChI is InChI=1S/C22H25NO5S/c1-14(2)28-16-9-5-4-8-15(16)19-18(20(24)17-10-6-13-29-17)21(25)22(26)23(19)11-7-12-27-3/h4-6,8-10,13-14,19,25H,7,11-12H2,1-3H3. The minimum absolute atomic E-state index is 0.0794. The molecule has 0 aliphatic carbocycles. The summed E-state index contributed by atoms with van der Waals surface area (Å²) in [5, 5.41) is 12.5.